The second-order valence-electron chi connectivity index (χ2n) is 5.80. The van der Waals surface area contributed by atoms with Crippen LogP contribution in [0.25, 0.3) is 0 Å². The zero-order valence-corrected chi connectivity index (χ0v) is 18.9. The summed E-state index contributed by atoms with van der Waals surface area (Å²) in [4.78, 5) is 0.0738. The lowest BCUT2D eigenvalue weighted by Gasteiger charge is -2.12. The molecule has 0 unspecified atom stereocenters. The molecule has 3 N–H and O–H groups in total. The van der Waals surface area contributed by atoms with Crippen LogP contribution in [0.4, 0.5) is 22.7 Å². The van der Waals surface area contributed by atoms with Crippen molar-refractivity contribution in [2.75, 3.05) is 28.9 Å². The summed E-state index contributed by atoms with van der Waals surface area (Å²) in [7, 11) is -6.20. The van der Waals surface area contributed by atoms with Gasteiger partial charge in [-0.1, -0.05) is 0 Å². The molecule has 0 amide bonds. The largest absolute Gasteiger partial charge is 0.378 e. The Morgan fingerprint density at radius 3 is 1.90 bits per heavy atom. The van der Waals surface area contributed by atoms with Gasteiger partial charge >= 0.3 is 0 Å². The fourth-order valence-electron chi connectivity index (χ4n) is 2.21. The first-order valence-corrected chi connectivity index (χ1v) is 13.0. The number of rotatable bonds is 8. The van der Waals surface area contributed by atoms with Crippen LogP contribution in [0, 0.1) is 0 Å². The van der Waals surface area contributed by atoms with E-state index in [1.807, 2.05) is 19.0 Å². The Morgan fingerprint density at radius 2 is 1.48 bits per heavy atom. The molecule has 0 aliphatic rings. The maximum absolute atomic E-state index is 11.8. The summed E-state index contributed by atoms with van der Waals surface area (Å²) in [5.74, 6) is 0. The van der Waals surface area contributed by atoms with Gasteiger partial charge < -0.3 is 10.2 Å². The highest BCUT2D eigenvalue weighted by Crippen LogP contribution is 2.36. The summed E-state index contributed by atoms with van der Waals surface area (Å²) in [6, 6.07) is 8.36. The van der Waals surface area contributed by atoms with Gasteiger partial charge in [0.2, 0.25) is 0 Å². The molecule has 0 radical (unpaired) electrons. The molecule has 0 aliphatic carbocycles. The number of hydrogen-bond acceptors (Lipinski definition) is 9. The summed E-state index contributed by atoms with van der Waals surface area (Å²) in [6.45, 7) is 0. The molecule has 11 nitrogen and oxygen atoms in total. The van der Waals surface area contributed by atoms with E-state index < -0.39 is 56.9 Å². The molecule has 0 spiro atoms. The fraction of sp³-hybridized carbons (Fsp3) is 0.200. The summed E-state index contributed by atoms with van der Waals surface area (Å²) in [5.41, 5.74) is 0.290. The smallest absolute Gasteiger partial charge is 0.296 e. The standard InChI is InChI=1S/C15H17IN4O7S2/c1-20(2)12-5-3-10(4-6-12)18-19-15-13(28(22,23)24)7-11(17-9-16-21)8-14(15)29(25,26)27/h3-8,17H,9H2,1-2H3,(H,22,23,24)(H,25,26,27). The van der Waals surface area contributed by atoms with Crippen molar-refractivity contribution in [3.05, 3.63) is 36.4 Å². The highest BCUT2D eigenvalue weighted by atomic mass is 127. The summed E-state index contributed by atoms with van der Waals surface area (Å²) < 4.78 is 76.8. The van der Waals surface area contributed by atoms with Gasteiger partial charge in [0.05, 0.1) is 10.2 Å². The lowest BCUT2D eigenvalue weighted by Crippen LogP contribution is -2.07. The van der Waals surface area contributed by atoms with Gasteiger partial charge in [-0.2, -0.15) is 21.9 Å². The number of nitrogens with one attached hydrogen (secondary N) is 1. The van der Waals surface area contributed by atoms with Gasteiger partial charge in [-0.3, -0.25) is 12.2 Å². The molecular weight excluding hydrogens is 539 g/mol. The molecule has 2 aromatic rings. The van der Waals surface area contributed by atoms with Crippen molar-refractivity contribution in [1.29, 1.82) is 0 Å². The molecule has 2 rings (SSSR count). The van der Waals surface area contributed by atoms with Crippen molar-refractivity contribution >= 4 is 64.2 Å². The molecule has 0 aliphatic heterocycles. The van der Waals surface area contributed by atoms with E-state index >= 15 is 0 Å². The second kappa shape index (κ2) is 9.21. The lowest BCUT2D eigenvalue weighted by molar-refractivity contribution is 0.481. The van der Waals surface area contributed by atoms with Gasteiger partial charge in [-0.05, 0) is 36.4 Å². The van der Waals surface area contributed by atoms with Gasteiger partial charge in [-0.15, -0.1) is 5.11 Å². The minimum Gasteiger partial charge on any atom is -0.378 e. The van der Waals surface area contributed by atoms with Crippen molar-refractivity contribution < 1.29 is 29.0 Å². The lowest BCUT2D eigenvalue weighted by atomic mass is 10.2. The number of alkyl halides is 1. The van der Waals surface area contributed by atoms with Crippen LogP contribution in [0.15, 0.2) is 56.4 Å². The Kier molecular flexibility index (Phi) is 7.39. The zero-order chi connectivity index (χ0) is 21.8. The SMILES string of the molecule is CN(C)c1ccc(N=Nc2c(S(=O)(=O)O)cc(NCI=O)cc2S(=O)(=O)O)cc1. The van der Waals surface area contributed by atoms with E-state index in [9.17, 15) is 29.0 Å². The van der Waals surface area contributed by atoms with E-state index in [1.165, 1.54) is 0 Å². The molecule has 0 aromatic heterocycles. The third kappa shape index (κ3) is 6.23. The van der Waals surface area contributed by atoms with E-state index in [0.717, 1.165) is 17.8 Å². The number of halogens is 1. The minimum absolute atomic E-state index is 0.0339. The van der Waals surface area contributed by atoms with E-state index in [0.29, 0.717) is 0 Å². The Balaban J connectivity index is 2.65. The molecule has 0 bridgehead atoms. The first kappa shape index (κ1) is 23.3. The van der Waals surface area contributed by atoms with Crippen LogP contribution in [0.3, 0.4) is 0 Å². The van der Waals surface area contributed by atoms with E-state index in [-0.39, 0.29) is 15.9 Å². The zero-order valence-electron chi connectivity index (χ0n) is 15.1. The Labute approximate surface area is 178 Å². The molecule has 0 atom stereocenters. The Hall–Kier alpha value is -2.01. The van der Waals surface area contributed by atoms with Crippen molar-refractivity contribution in [1.82, 2.24) is 0 Å². The first-order valence-electron chi connectivity index (χ1n) is 7.71. The predicted molar refractivity (Wildman–Crippen MR) is 114 cm³/mol. The third-order valence-electron chi connectivity index (χ3n) is 3.55. The monoisotopic (exact) mass is 556 g/mol. The maximum atomic E-state index is 11.8. The highest BCUT2D eigenvalue weighted by molar-refractivity contribution is 14.1. The summed E-state index contributed by atoms with van der Waals surface area (Å²) in [5, 5.41) is 10.0. The minimum atomic E-state index is -4.93. The topological polar surface area (TPSA) is 166 Å². The molecule has 0 saturated heterocycles. The number of benzene rings is 2. The quantitative estimate of drug-likeness (QED) is 0.145. The van der Waals surface area contributed by atoms with Crippen LogP contribution in [-0.2, 0) is 23.3 Å². The number of hydrogen-bond donors (Lipinski definition) is 3. The summed E-state index contributed by atoms with van der Waals surface area (Å²) in [6.07, 6.45) is 0. The van der Waals surface area contributed by atoms with Gasteiger partial charge in [0.25, 0.3) is 20.2 Å². The van der Waals surface area contributed by atoms with Crippen molar-refractivity contribution in [3.8, 4) is 0 Å². The first-order chi connectivity index (χ1) is 13.4. The molecule has 14 heteroatoms. The summed E-state index contributed by atoms with van der Waals surface area (Å²) >= 11 is -1.48. The van der Waals surface area contributed by atoms with E-state index in [2.05, 4.69) is 15.5 Å². The molecule has 2 aromatic carbocycles. The van der Waals surface area contributed by atoms with Crippen LogP contribution < -0.4 is 10.2 Å². The second-order valence-corrected chi connectivity index (χ2v) is 9.97. The fourth-order valence-corrected chi connectivity index (χ4v) is 4.21. The number of azo groups is 1. The van der Waals surface area contributed by atoms with Gasteiger partial charge in [0.1, 0.15) is 15.5 Å². The average molecular weight is 556 g/mol. The third-order valence-corrected chi connectivity index (χ3v) is 5.98. The van der Waals surface area contributed by atoms with Crippen molar-refractivity contribution in [2.24, 2.45) is 10.2 Å². The average Bonchev–Trinajstić information content (AvgIpc) is 2.63. The van der Waals surface area contributed by atoms with Crippen LogP contribution >= 0.6 is 21.2 Å². The van der Waals surface area contributed by atoms with Crippen LogP contribution in [-0.4, -0.2) is 44.6 Å². The normalized spacial score (nSPS) is 12.3. The molecule has 0 saturated carbocycles. The number of nitrogens with zero attached hydrogens (tertiary/aromatic N) is 3. The Bertz CT molecular complexity index is 1090. The van der Waals surface area contributed by atoms with E-state index in [1.54, 1.807) is 24.3 Å². The highest BCUT2D eigenvalue weighted by Gasteiger charge is 2.26. The van der Waals surface area contributed by atoms with Crippen molar-refractivity contribution in [3.63, 3.8) is 0 Å². The Morgan fingerprint density at radius 1 is 0.966 bits per heavy atom. The molecule has 0 fully saturated rings. The van der Waals surface area contributed by atoms with Crippen LogP contribution in [0.5, 0.6) is 0 Å². The number of anilines is 2. The molecular formula is C15H17IN4O7S2. The van der Waals surface area contributed by atoms with E-state index in [4.69, 9.17) is 0 Å². The maximum Gasteiger partial charge on any atom is 0.296 e. The predicted octanol–water partition coefficient (Wildman–Crippen LogP) is 3.35. The van der Waals surface area contributed by atoms with Crippen molar-refractivity contribution in [2.45, 2.75) is 9.79 Å². The van der Waals surface area contributed by atoms with Gasteiger partial charge in [0.15, 0.2) is 21.2 Å². The van der Waals surface area contributed by atoms with Gasteiger partial charge in [-0.25, -0.2) is 0 Å². The molecule has 158 valence electrons. The van der Waals surface area contributed by atoms with Crippen LogP contribution in [0.1, 0.15) is 0 Å². The molecule has 0 heterocycles. The van der Waals surface area contributed by atoms with Gasteiger partial charge in [0, 0.05) is 25.5 Å². The van der Waals surface area contributed by atoms with Crippen LogP contribution in [0.2, 0.25) is 0 Å². The molecule has 29 heavy (non-hydrogen) atoms.